The Morgan fingerprint density at radius 3 is 2.55 bits per heavy atom. The summed E-state index contributed by atoms with van der Waals surface area (Å²) in [6, 6.07) is 7.76. The fourth-order valence-electron chi connectivity index (χ4n) is 3.57. The smallest absolute Gasteiger partial charge is 0.312 e. The van der Waals surface area contributed by atoms with E-state index in [-0.39, 0.29) is 24.2 Å². The molecular weight excluding hydrogens is 444 g/mol. The number of hydrogen-bond donors (Lipinski definition) is 0. The van der Waals surface area contributed by atoms with Gasteiger partial charge in [0, 0.05) is 18.5 Å². The highest BCUT2D eigenvalue weighted by atomic mass is 32.1. The van der Waals surface area contributed by atoms with Crippen LogP contribution in [0.3, 0.4) is 0 Å². The summed E-state index contributed by atoms with van der Waals surface area (Å²) >= 11 is 1.41. The van der Waals surface area contributed by atoms with Gasteiger partial charge in [-0.25, -0.2) is 4.98 Å². The molecule has 1 fully saturated rings. The Bertz CT molecular complexity index is 950. The summed E-state index contributed by atoms with van der Waals surface area (Å²) < 4.78 is 16.1. The molecule has 1 atom stereocenters. The van der Waals surface area contributed by atoms with Crippen LogP contribution in [0.5, 0.6) is 5.75 Å². The monoisotopic (exact) mass is 474 g/mol. The molecule has 8 nitrogen and oxygen atoms in total. The van der Waals surface area contributed by atoms with Gasteiger partial charge in [-0.2, -0.15) is 0 Å². The first-order valence-electron chi connectivity index (χ1n) is 11.1. The molecule has 1 aliphatic rings. The number of amides is 1. The topological polar surface area (TPSA) is 95.0 Å². The minimum atomic E-state index is -0.889. The van der Waals surface area contributed by atoms with Crippen molar-refractivity contribution in [3.63, 3.8) is 0 Å². The Balaban J connectivity index is 1.41. The van der Waals surface area contributed by atoms with Gasteiger partial charge in [0.2, 0.25) is 0 Å². The number of aromatic nitrogens is 1. The van der Waals surface area contributed by atoms with E-state index in [0.29, 0.717) is 44.8 Å². The van der Waals surface area contributed by atoms with Crippen molar-refractivity contribution in [3.05, 3.63) is 45.9 Å². The number of carbonyl (C=O) groups excluding carboxylic acids is 3. The van der Waals surface area contributed by atoms with E-state index in [1.807, 2.05) is 31.2 Å². The van der Waals surface area contributed by atoms with Crippen LogP contribution in [0.1, 0.15) is 43.0 Å². The third-order valence-corrected chi connectivity index (χ3v) is 6.26. The molecule has 33 heavy (non-hydrogen) atoms. The van der Waals surface area contributed by atoms with Crippen molar-refractivity contribution in [2.24, 2.45) is 5.92 Å². The van der Waals surface area contributed by atoms with Gasteiger partial charge in [0.1, 0.15) is 17.4 Å². The van der Waals surface area contributed by atoms with E-state index in [0.717, 1.165) is 16.3 Å². The summed E-state index contributed by atoms with van der Waals surface area (Å²) in [4.78, 5) is 42.9. The lowest BCUT2D eigenvalue weighted by atomic mass is 9.97. The van der Waals surface area contributed by atoms with Crippen molar-refractivity contribution in [2.45, 2.75) is 52.7 Å². The molecule has 178 valence electrons. The number of aryl methyl sites for hydroxylation is 1. The number of carbonyl (C=O) groups is 3. The van der Waals surface area contributed by atoms with Gasteiger partial charge >= 0.3 is 11.9 Å². The molecular formula is C24H30N2O6S. The van der Waals surface area contributed by atoms with Gasteiger partial charge < -0.3 is 19.1 Å². The molecule has 1 unspecified atom stereocenters. The maximum Gasteiger partial charge on any atom is 0.312 e. The Hall–Kier alpha value is -2.94. The quantitative estimate of drug-likeness (QED) is 0.515. The highest BCUT2D eigenvalue weighted by Gasteiger charge is 2.31. The maximum atomic E-state index is 12.6. The normalized spacial score (nSPS) is 15.1. The van der Waals surface area contributed by atoms with Gasteiger partial charge in [-0.3, -0.25) is 14.4 Å². The first kappa shape index (κ1) is 24.7. The molecule has 1 saturated heterocycles. The Labute approximate surface area is 197 Å². The van der Waals surface area contributed by atoms with Crippen LogP contribution in [0, 0.1) is 12.8 Å². The number of rotatable bonds is 9. The number of thiazole rings is 1. The predicted molar refractivity (Wildman–Crippen MR) is 123 cm³/mol. The van der Waals surface area contributed by atoms with Gasteiger partial charge in [-0.1, -0.05) is 17.7 Å². The summed E-state index contributed by atoms with van der Waals surface area (Å²) in [7, 11) is 0. The van der Waals surface area contributed by atoms with E-state index in [1.54, 1.807) is 24.1 Å². The maximum absolute atomic E-state index is 12.6. The van der Waals surface area contributed by atoms with Crippen molar-refractivity contribution < 1.29 is 28.6 Å². The Morgan fingerprint density at radius 2 is 1.88 bits per heavy atom. The van der Waals surface area contributed by atoms with Crippen LogP contribution < -0.4 is 4.74 Å². The fourth-order valence-corrected chi connectivity index (χ4v) is 4.27. The molecule has 9 heteroatoms. The number of piperidine rings is 1. The first-order chi connectivity index (χ1) is 15.9. The summed E-state index contributed by atoms with van der Waals surface area (Å²) in [6.07, 6.45) is 0.207. The molecule has 2 heterocycles. The Morgan fingerprint density at radius 1 is 1.18 bits per heavy atom. The molecule has 1 aromatic heterocycles. The highest BCUT2D eigenvalue weighted by molar-refractivity contribution is 7.09. The number of hydrogen-bond acceptors (Lipinski definition) is 8. The zero-order valence-corrected chi connectivity index (χ0v) is 20.1. The van der Waals surface area contributed by atoms with Crippen LogP contribution in [0.2, 0.25) is 0 Å². The molecule has 1 aliphatic heterocycles. The number of likely N-dealkylation sites (tertiary alicyclic amines) is 1. The minimum Gasteiger partial charge on any atom is -0.486 e. The van der Waals surface area contributed by atoms with Gasteiger partial charge in [0.05, 0.1) is 24.6 Å². The average Bonchev–Trinajstić information content (AvgIpc) is 3.25. The minimum absolute atomic E-state index is 0.0103. The van der Waals surface area contributed by atoms with Crippen molar-refractivity contribution in [3.8, 4) is 5.75 Å². The summed E-state index contributed by atoms with van der Waals surface area (Å²) in [5, 5.41) is 2.55. The number of esters is 2. The lowest BCUT2D eigenvalue weighted by molar-refractivity contribution is -0.160. The fraction of sp³-hybridized carbons (Fsp3) is 0.500. The number of ether oxygens (including phenoxy) is 3. The molecule has 1 aromatic carbocycles. The zero-order chi connectivity index (χ0) is 23.8. The van der Waals surface area contributed by atoms with E-state index < -0.39 is 12.1 Å². The molecule has 0 bridgehead atoms. The first-order valence-corrected chi connectivity index (χ1v) is 12.0. The van der Waals surface area contributed by atoms with Crippen LogP contribution in [0.25, 0.3) is 0 Å². The van der Waals surface area contributed by atoms with Crippen LogP contribution in [0.4, 0.5) is 0 Å². The molecule has 0 saturated carbocycles. The van der Waals surface area contributed by atoms with Gasteiger partial charge in [0.15, 0.2) is 6.10 Å². The molecule has 1 amide bonds. The van der Waals surface area contributed by atoms with Crippen LogP contribution >= 0.6 is 11.3 Å². The van der Waals surface area contributed by atoms with E-state index in [1.165, 1.54) is 11.3 Å². The van der Waals surface area contributed by atoms with Gasteiger partial charge in [0.25, 0.3) is 5.91 Å². The van der Waals surface area contributed by atoms with E-state index >= 15 is 0 Å². The standard InChI is InChI=1S/C24H30N2O6S/c1-4-30-24(29)18-9-11-26(12-10-18)23(28)17(3)32-22(27)13-19-15-33-21(25-19)14-31-20-7-5-16(2)6-8-20/h5-8,15,17-18H,4,9-14H2,1-3H3. The highest BCUT2D eigenvalue weighted by Crippen LogP contribution is 2.20. The number of nitrogens with zero attached hydrogens (tertiary/aromatic N) is 2. The molecule has 0 radical (unpaired) electrons. The van der Waals surface area contributed by atoms with E-state index in [9.17, 15) is 14.4 Å². The zero-order valence-electron chi connectivity index (χ0n) is 19.2. The SMILES string of the molecule is CCOC(=O)C1CCN(C(=O)C(C)OC(=O)Cc2csc(COc3ccc(C)cc3)n2)CC1. The second kappa shape index (κ2) is 11.8. The lowest BCUT2D eigenvalue weighted by Gasteiger charge is -2.32. The molecule has 0 aliphatic carbocycles. The third-order valence-electron chi connectivity index (χ3n) is 5.39. The van der Waals surface area contributed by atoms with Crippen molar-refractivity contribution >= 4 is 29.2 Å². The van der Waals surface area contributed by atoms with Crippen LogP contribution in [0.15, 0.2) is 29.6 Å². The van der Waals surface area contributed by atoms with Crippen molar-refractivity contribution in [1.82, 2.24) is 9.88 Å². The average molecular weight is 475 g/mol. The summed E-state index contributed by atoms with van der Waals surface area (Å²) in [6.45, 7) is 6.92. The number of benzene rings is 1. The van der Waals surface area contributed by atoms with Crippen LogP contribution in [-0.4, -0.2) is 53.5 Å². The third kappa shape index (κ3) is 7.28. The molecule has 2 aromatic rings. The largest absolute Gasteiger partial charge is 0.486 e. The summed E-state index contributed by atoms with van der Waals surface area (Å²) in [5.41, 5.74) is 1.74. The second-order valence-electron chi connectivity index (χ2n) is 7.99. The van der Waals surface area contributed by atoms with E-state index in [4.69, 9.17) is 14.2 Å². The van der Waals surface area contributed by atoms with Gasteiger partial charge in [-0.15, -0.1) is 11.3 Å². The Kier molecular flexibility index (Phi) is 8.82. The molecule has 0 spiro atoms. The van der Waals surface area contributed by atoms with Crippen molar-refractivity contribution in [1.29, 1.82) is 0 Å². The predicted octanol–water partition coefficient (Wildman–Crippen LogP) is 3.31. The van der Waals surface area contributed by atoms with Crippen LogP contribution in [-0.2, 0) is 36.9 Å². The summed E-state index contributed by atoms with van der Waals surface area (Å²) in [5.74, 6) is -0.392. The van der Waals surface area contributed by atoms with E-state index in [2.05, 4.69) is 4.98 Å². The molecule has 0 N–H and O–H groups in total. The lowest BCUT2D eigenvalue weighted by Crippen LogP contribution is -2.45. The van der Waals surface area contributed by atoms with Crippen molar-refractivity contribution in [2.75, 3.05) is 19.7 Å². The second-order valence-corrected chi connectivity index (χ2v) is 8.94. The molecule has 3 rings (SSSR count). The van der Waals surface area contributed by atoms with Gasteiger partial charge in [-0.05, 0) is 45.7 Å².